The molecule has 0 bridgehead atoms. The van der Waals surface area contributed by atoms with Crippen LogP contribution in [0.3, 0.4) is 0 Å². The summed E-state index contributed by atoms with van der Waals surface area (Å²) in [7, 11) is 4.46. The lowest BCUT2D eigenvalue weighted by Crippen LogP contribution is -2.58. The van der Waals surface area contributed by atoms with E-state index in [0.717, 1.165) is 18.0 Å². The minimum Gasteiger partial charge on any atom is -0.312 e. The van der Waals surface area contributed by atoms with Crippen molar-refractivity contribution < 1.29 is 0 Å². The van der Waals surface area contributed by atoms with Gasteiger partial charge in [0.25, 0.3) is 0 Å². The molecule has 1 unspecified atom stereocenters. The standard InChI is InChI=1S/C17H27ClN2/c1-4-19-16(13-14-8-7-9-15(18)12-14)17(20(2)3)10-5-6-11-17/h7-9,12,16,19H,4-6,10-11,13H2,1-3H3. The molecule has 1 atom stereocenters. The zero-order chi connectivity index (χ0) is 14.6. The second-order valence-corrected chi connectivity index (χ2v) is 6.59. The first-order chi connectivity index (χ1) is 9.58. The van der Waals surface area contributed by atoms with Gasteiger partial charge in [-0.15, -0.1) is 0 Å². The number of benzene rings is 1. The van der Waals surface area contributed by atoms with Gasteiger partial charge in [-0.2, -0.15) is 0 Å². The summed E-state index contributed by atoms with van der Waals surface area (Å²) in [5, 5.41) is 4.57. The van der Waals surface area contributed by atoms with Crippen molar-refractivity contribution in [1.82, 2.24) is 10.2 Å². The number of hydrogen-bond acceptors (Lipinski definition) is 2. The Morgan fingerprint density at radius 1 is 1.30 bits per heavy atom. The van der Waals surface area contributed by atoms with Crippen LogP contribution in [0.5, 0.6) is 0 Å². The maximum absolute atomic E-state index is 6.13. The van der Waals surface area contributed by atoms with E-state index in [1.54, 1.807) is 0 Å². The van der Waals surface area contributed by atoms with Gasteiger partial charge in [0.2, 0.25) is 0 Å². The van der Waals surface area contributed by atoms with Crippen LogP contribution in [0.25, 0.3) is 0 Å². The first-order valence-corrected chi connectivity index (χ1v) is 8.11. The number of likely N-dealkylation sites (N-methyl/N-ethyl adjacent to an activating group) is 2. The molecule has 0 spiro atoms. The van der Waals surface area contributed by atoms with Crippen molar-refractivity contribution in [2.45, 2.75) is 50.6 Å². The average molecular weight is 295 g/mol. The molecule has 1 fully saturated rings. The Hall–Kier alpha value is -0.570. The van der Waals surface area contributed by atoms with Gasteiger partial charge in [0.05, 0.1) is 0 Å². The van der Waals surface area contributed by atoms with Crippen LogP contribution in [0.1, 0.15) is 38.2 Å². The fourth-order valence-electron chi connectivity index (χ4n) is 3.69. The van der Waals surface area contributed by atoms with E-state index in [1.165, 1.54) is 31.2 Å². The van der Waals surface area contributed by atoms with Gasteiger partial charge in [0, 0.05) is 16.6 Å². The first-order valence-electron chi connectivity index (χ1n) is 7.74. The number of halogens is 1. The third-order valence-electron chi connectivity index (χ3n) is 4.79. The Labute approximate surface area is 128 Å². The molecule has 0 aromatic heterocycles. The molecule has 1 aromatic carbocycles. The van der Waals surface area contributed by atoms with Crippen LogP contribution in [0.4, 0.5) is 0 Å². The molecule has 0 saturated heterocycles. The SMILES string of the molecule is CCNC(Cc1cccc(Cl)c1)C1(N(C)C)CCCC1. The van der Waals surface area contributed by atoms with Crippen LogP contribution >= 0.6 is 11.6 Å². The zero-order valence-electron chi connectivity index (χ0n) is 13.0. The number of nitrogens with one attached hydrogen (secondary N) is 1. The van der Waals surface area contributed by atoms with E-state index in [2.05, 4.69) is 49.4 Å². The van der Waals surface area contributed by atoms with Gasteiger partial charge in [-0.3, -0.25) is 0 Å². The molecule has 3 heteroatoms. The highest BCUT2D eigenvalue weighted by molar-refractivity contribution is 6.30. The predicted octanol–water partition coefficient (Wildman–Crippen LogP) is 3.74. The highest BCUT2D eigenvalue weighted by Gasteiger charge is 2.42. The summed E-state index contributed by atoms with van der Waals surface area (Å²) in [4.78, 5) is 2.44. The Morgan fingerprint density at radius 2 is 2.00 bits per heavy atom. The van der Waals surface area contributed by atoms with E-state index < -0.39 is 0 Å². The second-order valence-electron chi connectivity index (χ2n) is 6.15. The predicted molar refractivity (Wildman–Crippen MR) is 87.5 cm³/mol. The van der Waals surface area contributed by atoms with E-state index >= 15 is 0 Å². The Morgan fingerprint density at radius 3 is 2.55 bits per heavy atom. The van der Waals surface area contributed by atoms with Gasteiger partial charge in [0.1, 0.15) is 0 Å². The minimum absolute atomic E-state index is 0.290. The molecule has 1 N–H and O–H groups in total. The van der Waals surface area contributed by atoms with Crippen molar-refractivity contribution in [3.63, 3.8) is 0 Å². The maximum atomic E-state index is 6.13. The highest BCUT2D eigenvalue weighted by Crippen LogP contribution is 2.38. The molecule has 0 radical (unpaired) electrons. The molecule has 20 heavy (non-hydrogen) atoms. The maximum Gasteiger partial charge on any atom is 0.0408 e. The summed E-state index contributed by atoms with van der Waals surface area (Å²) < 4.78 is 0. The topological polar surface area (TPSA) is 15.3 Å². The first kappa shape index (κ1) is 15.8. The molecule has 1 saturated carbocycles. The monoisotopic (exact) mass is 294 g/mol. The van der Waals surface area contributed by atoms with E-state index in [0.29, 0.717) is 11.6 Å². The molecular formula is C17H27ClN2. The minimum atomic E-state index is 0.290. The Balaban J connectivity index is 2.21. The number of nitrogens with zero attached hydrogens (tertiary/aromatic N) is 1. The van der Waals surface area contributed by atoms with Gasteiger partial charge in [-0.1, -0.05) is 43.5 Å². The van der Waals surface area contributed by atoms with Crippen molar-refractivity contribution >= 4 is 11.6 Å². The Kier molecular flexibility index (Phi) is 5.48. The van der Waals surface area contributed by atoms with E-state index in [4.69, 9.17) is 11.6 Å². The smallest absolute Gasteiger partial charge is 0.0408 e. The van der Waals surface area contributed by atoms with E-state index in [-0.39, 0.29) is 0 Å². The molecule has 1 aromatic rings. The number of rotatable bonds is 6. The van der Waals surface area contributed by atoms with Gasteiger partial charge in [-0.25, -0.2) is 0 Å². The third-order valence-corrected chi connectivity index (χ3v) is 5.02. The summed E-state index contributed by atoms with van der Waals surface area (Å²) in [6.45, 7) is 3.21. The fraction of sp³-hybridized carbons (Fsp3) is 0.647. The molecule has 1 aliphatic rings. The molecule has 2 nitrogen and oxygen atoms in total. The van der Waals surface area contributed by atoms with Crippen LogP contribution in [-0.2, 0) is 6.42 Å². The normalized spacial score (nSPS) is 19.4. The third kappa shape index (κ3) is 3.36. The molecule has 0 amide bonds. The van der Waals surface area contributed by atoms with E-state index in [9.17, 15) is 0 Å². The van der Waals surface area contributed by atoms with Crippen molar-refractivity contribution in [3.05, 3.63) is 34.9 Å². The summed E-state index contributed by atoms with van der Waals surface area (Å²) in [6.07, 6.45) is 6.31. The van der Waals surface area contributed by atoms with Crippen LogP contribution in [0, 0.1) is 0 Å². The van der Waals surface area contributed by atoms with Crippen LogP contribution < -0.4 is 5.32 Å². The van der Waals surface area contributed by atoms with Crippen molar-refractivity contribution in [3.8, 4) is 0 Å². The molecule has 1 aliphatic carbocycles. The molecular weight excluding hydrogens is 268 g/mol. The lowest BCUT2D eigenvalue weighted by Gasteiger charge is -2.44. The number of hydrogen-bond donors (Lipinski definition) is 1. The van der Waals surface area contributed by atoms with Crippen molar-refractivity contribution in [2.75, 3.05) is 20.6 Å². The summed E-state index contributed by atoms with van der Waals surface area (Å²) in [6, 6.07) is 8.78. The van der Waals surface area contributed by atoms with Crippen molar-refractivity contribution in [2.24, 2.45) is 0 Å². The van der Waals surface area contributed by atoms with Gasteiger partial charge < -0.3 is 10.2 Å². The van der Waals surface area contributed by atoms with Crippen LogP contribution in [-0.4, -0.2) is 37.1 Å². The van der Waals surface area contributed by atoms with Gasteiger partial charge in [0.15, 0.2) is 0 Å². The molecule has 112 valence electrons. The van der Waals surface area contributed by atoms with Crippen LogP contribution in [0.2, 0.25) is 5.02 Å². The van der Waals surface area contributed by atoms with E-state index in [1.807, 2.05) is 6.07 Å². The zero-order valence-corrected chi connectivity index (χ0v) is 13.7. The largest absolute Gasteiger partial charge is 0.312 e. The Bertz CT molecular complexity index is 425. The fourth-order valence-corrected chi connectivity index (χ4v) is 3.91. The lowest BCUT2D eigenvalue weighted by atomic mass is 9.83. The molecule has 0 heterocycles. The summed E-state index contributed by atoms with van der Waals surface area (Å²) in [5.74, 6) is 0. The van der Waals surface area contributed by atoms with Crippen LogP contribution in [0.15, 0.2) is 24.3 Å². The lowest BCUT2D eigenvalue weighted by molar-refractivity contribution is 0.105. The average Bonchev–Trinajstić information content (AvgIpc) is 2.89. The molecule has 2 rings (SSSR count). The highest BCUT2D eigenvalue weighted by atomic mass is 35.5. The van der Waals surface area contributed by atoms with Gasteiger partial charge in [-0.05, 0) is 57.6 Å². The second kappa shape index (κ2) is 6.93. The summed E-state index contributed by atoms with van der Waals surface area (Å²) >= 11 is 6.13. The van der Waals surface area contributed by atoms with Crippen molar-refractivity contribution in [1.29, 1.82) is 0 Å². The quantitative estimate of drug-likeness (QED) is 0.860. The molecule has 0 aliphatic heterocycles. The van der Waals surface area contributed by atoms with Gasteiger partial charge >= 0.3 is 0 Å². The summed E-state index contributed by atoms with van der Waals surface area (Å²) in [5.41, 5.74) is 1.62.